The number of aromatic nitrogens is 4. The Labute approximate surface area is 129 Å². The van der Waals surface area contributed by atoms with Gasteiger partial charge in [-0.1, -0.05) is 19.3 Å². The monoisotopic (exact) mass is 321 g/mol. The van der Waals surface area contributed by atoms with E-state index in [1.54, 1.807) is 24.3 Å². The molecule has 1 aliphatic rings. The molecule has 1 N–H and O–H groups in total. The summed E-state index contributed by atoms with van der Waals surface area (Å²) in [5.41, 5.74) is 0.719. The van der Waals surface area contributed by atoms with Crippen LogP contribution < -0.4 is 4.72 Å². The maximum atomic E-state index is 12.3. The molecule has 1 aliphatic carbocycles. The second-order valence-electron chi connectivity index (χ2n) is 5.60. The zero-order chi connectivity index (χ0) is 15.4. The number of rotatable bonds is 5. The normalized spacial score (nSPS) is 16.7. The molecule has 0 bridgehead atoms. The van der Waals surface area contributed by atoms with E-state index in [0.717, 1.165) is 18.5 Å². The number of nitrogens with zero attached hydrogens (tertiary/aromatic N) is 4. The largest absolute Gasteiger partial charge is 0.240 e. The van der Waals surface area contributed by atoms with Crippen LogP contribution in [0.5, 0.6) is 0 Å². The van der Waals surface area contributed by atoms with Crippen LogP contribution in [0.25, 0.3) is 5.69 Å². The Hall–Kier alpha value is -1.80. The molecule has 3 rings (SSSR count). The third kappa shape index (κ3) is 3.50. The molecule has 0 unspecified atom stereocenters. The Bertz CT molecular complexity index is 691. The van der Waals surface area contributed by atoms with Gasteiger partial charge in [0.1, 0.15) is 6.33 Å². The second-order valence-corrected chi connectivity index (χ2v) is 7.37. The molecule has 1 aromatic heterocycles. The zero-order valence-corrected chi connectivity index (χ0v) is 13.0. The van der Waals surface area contributed by atoms with Crippen LogP contribution in [0, 0.1) is 5.92 Å². The molecule has 1 fully saturated rings. The third-order valence-electron chi connectivity index (χ3n) is 4.05. The Morgan fingerprint density at radius 1 is 1.14 bits per heavy atom. The first-order valence-corrected chi connectivity index (χ1v) is 8.96. The molecule has 0 spiro atoms. The summed E-state index contributed by atoms with van der Waals surface area (Å²) in [4.78, 5) is 0.264. The Morgan fingerprint density at radius 3 is 2.50 bits per heavy atom. The van der Waals surface area contributed by atoms with Gasteiger partial charge in [0, 0.05) is 6.54 Å². The van der Waals surface area contributed by atoms with Crippen LogP contribution in [0.2, 0.25) is 0 Å². The quantitative estimate of drug-likeness (QED) is 0.902. The van der Waals surface area contributed by atoms with E-state index in [9.17, 15) is 8.42 Å². The fraction of sp³-hybridized carbons (Fsp3) is 0.500. The SMILES string of the molecule is O=S(=O)(NCC1CCCCC1)c1ccc(-n2cnnn2)cc1. The predicted molar refractivity (Wildman–Crippen MR) is 80.9 cm³/mol. The van der Waals surface area contributed by atoms with Gasteiger partial charge >= 0.3 is 0 Å². The van der Waals surface area contributed by atoms with E-state index >= 15 is 0 Å². The van der Waals surface area contributed by atoms with Gasteiger partial charge in [0.15, 0.2) is 0 Å². The molecule has 1 saturated carbocycles. The van der Waals surface area contributed by atoms with Crippen molar-refractivity contribution in [2.24, 2.45) is 5.92 Å². The van der Waals surface area contributed by atoms with Crippen LogP contribution in [-0.4, -0.2) is 35.2 Å². The van der Waals surface area contributed by atoms with Crippen LogP contribution in [0.4, 0.5) is 0 Å². The topological polar surface area (TPSA) is 89.8 Å². The molecule has 7 nitrogen and oxygen atoms in total. The van der Waals surface area contributed by atoms with Crippen LogP contribution in [0.15, 0.2) is 35.5 Å². The first kappa shape index (κ1) is 15.1. The number of benzene rings is 1. The van der Waals surface area contributed by atoms with Crippen LogP contribution in [0.1, 0.15) is 32.1 Å². The van der Waals surface area contributed by atoms with Gasteiger partial charge in [0.2, 0.25) is 10.0 Å². The highest BCUT2D eigenvalue weighted by Gasteiger charge is 2.18. The van der Waals surface area contributed by atoms with Crippen LogP contribution in [0.3, 0.4) is 0 Å². The van der Waals surface area contributed by atoms with Gasteiger partial charge in [-0.15, -0.1) is 5.10 Å². The molecule has 0 saturated heterocycles. The zero-order valence-electron chi connectivity index (χ0n) is 12.2. The molecular weight excluding hydrogens is 302 g/mol. The van der Waals surface area contributed by atoms with E-state index in [1.165, 1.54) is 30.3 Å². The number of tetrazole rings is 1. The number of hydrogen-bond donors (Lipinski definition) is 1. The minimum Gasteiger partial charge on any atom is -0.211 e. The lowest BCUT2D eigenvalue weighted by atomic mass is 9.90. The number of nitrogens with one attached hydrogen (secondary N) is 1. The molecule has 118 valence electrons. The molecule has 8 heteroatoms. The highest BCUT2D eigenvalue weighted by molar-refractivity contribution is 7.89. The first-order chi connectivity index (χ1) is 10.6. The Morgan fingerprint density at radius 2 is 1.86 bits per heavy atom. The van der Waals surface area contributed by atoms with Gasteiger partial charge in [-0.2, -0.15) is 0 Å². The highest BCUT2D eigenvalue weighted by Crippen LogP contribution is 2.23. The van der Waals surface area contributed by atoms with Crippen LogP contribution >= 0.6 is 0 Å². The number of hydrogen-bond acceptors (Lipinski definition) is 5. The van der Waals surface area contributed by atoms with E-state index in [4.69, 9.17) is 0 Å². The Balaban J connectivity index is 1.66. The van der Waals surface area contributed by atoms with E-state index in [-0.39, 0.29) is 4.90 Å². The summed E-state index contributed by atoms with van der Waals surface area (Å²) in [6.45, 7) is 0.525. The van der Waals surface area contributed by atoms with Crippen molar-refractivity contribution in [1.82, 2.24) is 24.9 Å². The summed E-state index contributed by atoms with van der Waals surface area (Å²) in [5.74, 6) is 0.462. The minimum absolute atomic E-state index is 0.264. The molecule has 0 aliphatic heterocycles. The lowest BCUT2D eigenvalue weighted by Crippen LogP contribution is -2.30. The van der Waals surface area contributed by atoms with Gasteiger partial charge in [-0.05, 0) is 53.5 Å². The minimum atomic E-state index is -3.46. The maximum absolute atomic E-state index is 12.3. The van der Waals surface area contributed by atoms with Gasteiger partial charge in [-0.25, -0.2) is 17.8 Å². The van der Waals surface area contributed by atoms with Crippen molar-refractivity contribution in [1.29, 1.82) is 0 Å². The standard InChI is InChI=1S/C14H19N5O2S/c20-22(21,16-10-12-4-2-1-3-5-12)14-8-6-13(7-9-14)19-11-15-17-18-19/h6-9,11-12,16H,1-5,10H2. The lowest BCUT2D eigenvalue weighted by molar-refractivity contribution is 0.357. The lowest BCUT2D eigenvalue weighted by Gasteiger charge is -2.21. The van der Waals surface area contributed by atoms with Crippen molar-refractivity contribution in [3.8, 4) is 5.69 Å². The summed E-state index contributed by atoms with van der Waals surface area (Å²) in [5, 5.41) is 10.9. The van der Waals surface area contributed by atoms with E-state index in [1.807, 2.05) is 0 Å². The predicted octanol–water partition coefficient (Wildman–Crippen LogP) is 1.52. The van der Waals surface area contributed by atoms with Gasteiger partial charge in [0.05, 0.1) is 10.6 Å². The van der Waals surface area contributed by atoms with Gasteiger partial charge in [0.25, 0.3) is 0 Å². The molecule has 1 heterocycles. The molecular formula is C14H19N5O2S. The third-order valence-corrected chi connectivity index (χ3v) is 5.49. The number of sulfonamides is 1. The maximum Gasteiger partial charge on any atom is 0.240 e. The van der Waals surface area contributed by atoms with E-state index in [0.29, 0.717) is 12.5 Å². The summed E-state index contributed by atoms with van der Waals surface area (Å²) in [6.07, 6.45) is 7.36. The first-order valence-electron chi connectivity index (χ1n) is 7.48. The van der Waals surface area contributed by atoms with Crippen molar-refractivity contribution in [2.45, 2.75) is 37.0 Å². The van der Waals surface area contributed by atoms with Crippen molar-refractivity contribution >= 4 is 10.0 Å². The molecule has 0 amide bonds. The smallest absolute Gasteiger partial charge is 0.211 e. The fourth-order valence-corrected chi connectivity index (χ4v) is 3.88. The average Bonchev–Trinajstić information content (AvgIpc) is 3.09. The molecule has 0 atom stereocenters. The molecule has 1 aromatic carbocycles. The van der Waals surface area contributed by atoms with Gasteiger partial charge < -0.3 is 0 Å². The van der Waals surface area contributed by atoms with Crippen molar-refractivity contribution in [2.75, 3.05) is 6.54 Å². The summed E-state index contributed by atoms with van der Waals surface area (Å²) in [6, 6.07) is 6.51. The average molecular weight is 321 g/mol. The summed E-state index contributed by atoms with van der Waals surface area (Å²) < 4.78 is 28.8. The van der Waals surface area contributed by atoms with Crippen molar-refractivity contribution in [3.63, 3.8) is 0 Å². The van der Waals surface area contributed by atoms with Gasteiger partial charge in [-0.3, -0.25) is 0 Å². The van der Waals surface area contributed by atoms with Crippen LogP contribution in [-0.2, 0) is 10.0 Å². The van der Waals surface area contributed by atoms with E-state index < -0.39 is 10.0 Å². The summed E-state index contributed by atoms with van der Waals surface area (Å²) >= 11 is 0. The summed E-state index contributed by atoms with van der Waals surface area (Å²) in [7, 11) is -3.46. The molecule has 2 aromatic rings. The molecule has 22 heavy (non-hydrogen) atoms. The molecule has 0 radical (unpaired) electrons. The fourth-order valence-electron chi connectivity index (χ4n) is 2.76. The van der Waals surface area contributed by atoms with E-state index in [2.05, 4.69) is 20.2 Å². The van der Waals surface area contributed by atoms with Crippen molar-refractivity contribution in [3.05, 3.63) is 30.6 Å². The second kappa shape index (κ2) is 6.53. The Kier molecular flexibility index (Phi) is 4.49. The van der Waals surface area contributed by atoms with Crippen molar-refractivity contribution < 1.29 is 8.42 Å². The highest BCUT2D eigenvalue weighted by atomic mass is 32.2.